The number of hydrogen-bond acceptors (Lipinski definition) is 3. The Morgan fingerprint density at radius 1 is 0.692 bits per heavy atom. The maximum atomic E-state index is 12.1. The molecule has 6 nitrogen and oxygen atoms in total. The largest absolute Gasteiger partial charge is 0.323 e. The molecule has 3 aromatic carbocycles. The van der Waals surface area contributed by atoms with Gasteiger partial charge in [0.15, 0.2) is 0 Å². The molecule has 0 spiro atoms. The van der Waals surface area contributed by atoms with Gasteiger partial charge in [-0.05, 0) is 47.5 Å². The van der Waals surface area contributed by atoms with Crippen LogP contribution < -0.4 is 16.1 Å². The number of para-hydroxylation sites is 1. The summed E-state index contributed by atoms with van der Waals surface area (Å²) >= 11 is 0. The van der Waals surface area contributed by atoms with Gasteiger partial charge >= 0.3 is 6.03 Å². The van der Waals surface area contributed by atoms with E-state index in [1.807, 2.05) is 36.4 Å². The van der Waals surface area contributed by atoms with E-state index in [9.17, 15) is 9.59 Å². The summed E-state index contributed by atoms with van der Waals surface area (Å²) in [5.41, 5.74) is 5.07. The Balaban J connectivity index is 1.71. The van der Waals surface area contributed by atoms with Crippen LogP contribution in [0.25, 0.3) is 11.1 Å². The van der Waals surface area contributed by atoms with E-state index in [1.165, 1.54) is 0 Å². The Morgan fingerprint density at radius 3 is 2.04 bits per heavy atom. The zero-order valence-corrected chi connectivity index (χ0v) is 13.8. The Labute approximate surface area is 150 Å². The molecule has 0 saturated carbocycles. The van der Waals surface area contributed by atoms with Gasteiger partial charge in [0.05, 0.1) is 0 Å². The molecule has 0 aromatic heterocycles. The van der Waals surface area contributed by atoms with Crippen molar-refractivity contribution in [1.82, 2.24) is 5.48 Å². The molecule has 3 amide bonds. The first-order valence-corrected chi connectivity index (χ1v) is 7.94. The van der Waals surface area contributed by atoms with Gasteiger partial charge in [0, 0.05) is 16.9 Å². The van der Waals surface area contributed by atoms with Crippen LogP contribution in [0.5, 0.6) is 0 Å². The summed E-state index contributed by atoms with van der Waals surface area (Å²) in [6.07, 6.45) is 0. The maximum Gasteiger partial charge on any atom is 0.323 e. The molecule has 0 aliphatic heterocycles. The van der Waals surface area contributed by atoms with Crippen LogP contribution in [0.3, 0.4) is 0 Å². The summed E-state index contributed by atoms with van der Waals surface area (Å²) in [6, 6.07) is 23.0. The monoisotopic (exact) mass is 347 g/mol. The number of nitrogens with one attached hydrogen (secondary N) is 3. The molecule has 3 aromatic rings. The van der Waals surface area contributed by atoms with Crippen molar-refractivity contribution in [2.75, 3.05) is 10.6 Å². The first-order valence-electron chi connectivity index (χ1n) is 7.94. The molecule has 130 valence electrons. The van der Waals surface area contributed by atoms with E-state index >= 15 is 0 Å². The minimum atomic E-state index is -0.565. The molecule has 0 aliphatic rings. The summed E-state index contributed by atoms with van der Waals surface area (Å²) in [7, 11) is 0. The lowest BCUT2D eigenvalue weighted by atomic mass is 10.0. The third-order valence-electron chi connectivity index (χ3n) is 3.73. The molecule has 0 atom stereocenters. The number of rotatable bonds is 4. The second-order valence-corrected chi connectivity index (χ2v) is 5.54. The van der Waals surface area contributed by atoms with Crippen LogP contribution >= 0.6 is 0 Å². The summed E-state index contributed by atoms with van der Waals surface area (Å²) < 4.78 is 0. The number of carbonyl (C=O) groups excluding carboxylic acids is 2. The highest BCUT2D eigenvalue weighted by Crippen LogP contribution is 2.23. The van der Waals surface area contributed by atoms with E-state index in [-0.39, 0.29) is 6.03 Å². The minimum Gasteiger partial charge on any atom is -0.308 e. The summed E-state index contributed by atoms with van der Waals surface area (Å²) in [4.78, 5) is 23.5. The fourth-order valence-corrected chi connectivity index (χ4v) is 2.47. The number of benzene rings is 3. The predicted molar refractivity (Wildman–Crippen MR) is 100 cm³/mol. The zero-order valence-electron chi connectivity index (χ0n) is 13.8. The third kappa shape index (κ3) is 4.25. The van der Waals surface area contributed by atoms with Crippen molar-refractivity contribution in [3.05, 3.63) is 84.4 Å². The lowest BCUT2D eigenvalue weighted by Crippen LogP contribution is -2.19. The number of hydrogen-bond donors (Lipinski definition) is 4. The van der Waals surface area contributed by atoms with Crippen LogP contribution in [0, 0.1) is 0 Å². The lowest BCUT2D eigenvalue weighted by molar-refractivity contribution is 0.0706. The van der Waals surface area contributed by atoms with E-state index in [0.717, 1.165) is 11.1 Å². The van der Waals surface area contributed by atoms with Gasteiger partial charge in [-0.2, -0.15) is 0 Å². The van der Waals surface area contributed by atoms with E-state index in [2.05, 4.69) is 10.6 Å². The quantitative estimate of drug-likeness (QED) is 0.423. The topological polar surface area (TPSA) is 90.5 Å². The highest BCUT2D eigenvalue weighted by atomic mass is 16.5. The van der Waals surface area contributed by atoms with E-state index in [4.69, 9.17) is 5.21 Å². The molecular weight excluding hydrogens is 330 g/mol. The molecule has 4 N–H and O–H groups in total. The summed E-state index contributed by atoms with van der Waals surface area (Å²) in [6.45, 7) is 0. The van der Waals surface area contributed by atoms with Crippen molar-refractivity contribution in [3.8, 4) is 11.1 Å². The summed E-state index contributed by atoms with van der Waals surface area (Å²) in [5, 5.41) is 14.2. The minimum absolute atomic E-state index is 0.330. The average molecular weight is 347 g/mol. The van der Waals surface area contributed by atoms with Gasteiger partial charge in [-0.15, -0.1) is 0 Å². The molecule has 6 heteroatoms. The predicted octanol–water partition coefficient (Wildman–Crippen LogP) is 4.12. The van der Waals surface area contributed by atoms with Crippen LogP contribution in [0.2, 0.25) is 0 Å². The van der Waals surface area contributed by atoms with Crippen molar-refractivity contribution >= 4 is 23.3 Å². The third-order valence-corrected chi connectivity index (χ3v) is 3.73. The van der Waals surface area contributed by atoms with E-state index < -0.39 is 5.91 Å². The van der Waals surface area contributed by atoms with Crippen molar-refractivity contribution in [1.29, 1.82) is 0 Å². The smallest absolute Gasteiger partial charge is 0.308 e. The second kappa shape index (κ2) is 7.96. The average Bonchev–Trinajstić information content (AvgIpc) is 2.68. The normalized spacial score (nSPS) is 10.0. The Bertz CT molecular complexity index is 909. The van der Waals surface area contributed by atoms with Gasteiger partial charge in [-0.1, -0.05) is 42.5 Å². The first-order chi connectivity index (χ1) is 12.7. The summed E-state index contributed by atoms with van der Waals surface area (Å²) in [5.74, 6) is -0.565. The van der Waals surface area contributed by atoms with Gasteiger partial charge in [-0.3, -0.25) is 10.0 Å². The molecule has 3 rings (SSSR count). The van der Waals surface area contributed by atoms with Crippen LogP contribution in [0.1, 0.15) is 10.4 Å². The number of carbonyl (C=O) groups is 2. The number of anilines is 2. The van der Waals surface area contributed by atoms with Crippen molar-refractivity contribution in [2.45, 2.75) is 0 Å². The van der Waals surface area contributed by atoms with Crippen molar-refractivity contribution in [2.24, 2.45) is 0 Å². The molecule has 0 unspecified atom stereocenters. The lowest BCUT2D eigenvalue weighted by Gasteiger charge is -2.09. The van der Waals surface area contributed by atoms with Gasteiger partial charge < -0.3 is 10.6 Å². The van der Waals surface area contributed by atoms with Crippen molar-refractivity contribution in [3.63, 3.8) is 0 Å². The molecule has 0 aliphatic carbocycles. The molecule has 0 fully saturated rings. The van der Waals surface area contributed by atoms with Gasteiger partial charge in [0.25, 0.3) is 5.91 Å². The molecule has 0 bridgehead atoms. The van der Waals surface area contributed by atoms with Crippen LogP contribution in [-0.4, -0.2) is 17.1 Å². The van der Waals surface area contributed by atoms with Gasteiger partial charge in [0.1, 0.15) is 0 Å². The highest BCUT2D eigenvalue weighted by molar-refractivity contribution is 6.00. The van der Waals surface area contributed by atoms with Crippen LogP contribution in [0.15, 0.2) is 78.9 Å². The van der Waals surface area contributed by atoms with Crippen molar-refractivity contribution < 1.29 is 14.8 Å². The number of amides is 3. The van der Waals surface area contributed by atoms with E-state index in [0.29, 0.717) is 16.9 Å². The molecule has 26 heavy (non-hydrogen) atoms. The second-order valence-electron chi connectivity index (χ2n) is 5.54. The zero-order chi connectivity index (χ0) is 18.4. The standard InChI is InChI=1S/C20H17N3O3/c24-19(23-26)15-11-9-14(10-12-15)16-5-4-8-18(13-16)22-20(25)21-17-6-2-1-3-7-17/h1-13,26H,(H,23,24)(H2,21,22,25). The molecule has 0 heterocycles. The van der Waals surface area contributed by atoms with Crippen LogP contribution in [0.4, 0.5) is 16.2 Å². The molecule has 0 saturated heterocycles. The number of hydroxylamine groups is 1. The van der Waals surface area contributed by atoms with Crippen LogP contribution in [-0.2, 0) is 0 Å². The maximum absolute atomic E-state index is 12.1. The fraction of sp³-hybridized carbons (Fsp3) is 0. The van der Waals surface area contributed by atoms with E-state index in [1.54, 1.807) is 47.9 Å². The van der Waals surface area contributed by atoms with Gasteiger partial charge in [-0.25, -0.2) is 10.3 Å². The SMILES string of the molecule is O=C(Nc1ccccc1)Nc1cccc(-c2ccc(C(=O)NO)cc2)c1. The fourth-order valence-electron chi connectivity index (χ4n) is 2.47. The van der Waals surface area contributed by atoms with Gasteiger partial charge in [0.2, 0.25) is 0 Å². The number of urea groups is 1. The Morgan fingerprint density at radius 2 is 1.35 bits per heavy atom. The first kappa shape index (κ1) is 17.2. The molecule has 0 radical (unpaired) electrons. The highest BCUT2D eigenvalue weighted by Gasteiger charge is 2.06. The molecular formula is C20H17N3O3. The Hall–Kier alpha value is -3.64. The Kier molecular flexibility index (Phi) is 5.26.